The predicted molar refractivity (Wildman–Crippen MR) is 76.0 cm³/mol. The summed E-state index contributed by atoms with van der Waals surface area (Å²) in [6, 6.07) is 4.09. The summed E-state index contributed by atoms with van der Waals surface area (Å²) in [5.41, 5.74) is 0.405. The van der Waals surface area contributed by atoms with E-state index in [0.717, 1.165) is 12.8 Å². The van der Waals surface area contributed by atoms with Crippen LogP contribution in [0.3, 0.4) is 0 Å². The predicted octanol–water partition coefficient (Wildman–Crippen LogP) is 2.50. The molecule has 0 spiro atoms. The number of amides is 1. The van der Waals surface area contributed by atoms with Crippen molar-refractivity contribution in [3.63, 3.8) is 0 Å². The van der Waals surface area contributed by atoms with Crippen molar-refractivity contribution in [3.05, 3.63) is 34.6 Å². The lowest BCUT2D eigenvalue weighted by molar-refractivity contribution is -0.0946. The van der Waals surface area contributed by atoms with Crippen molar-refractivity contribution in [1.29, 1.82) is 0 Å². The van der Waals surface area contributed by atoms with Crippen molar-refractivity contribution < 1.29 is 18.7 Å². The van der Waals surface area contributed by atoms with Crippen LogP contribution in [0.15, 0.2) is 18.2 Å². The van der Waals surface area contributed by atoms with Crippen LogP contribution in [0.5, 0.6) is 0 Å². The summed E-state index contributed by atoms with van der Waals surface area (Å²) in [5, 5.41) is -0.0353. The molecular formula is C15H17ClFNO3. The van der Waals surface area contributed by atoms with E-state index in [1.807, 2.05) is 0 Å². The molecule has 1 saturated carbocycles. The Bertz CT molecular complexity index is 554. The smallest absolute Gasteiger partial charge is 0.254 e. The van der Waals surface area contributed by atoms with Gasteiger partial charge >= 0.3 is 0 Å². The van der Waals surface area contributed by atoms with Gasteiger partial charge in [0, 0.05) is 19.2 Å². The fourth-order valence-corrected chi connectivity index (χ4v) is 3.40. The van der Waals surface area contributed by atoms with Gasteiger partial charge in [-0.2, -0.15) is 0 Å². The number of carbonyl (C=O) groups excluding carboxylic acids is 1. The third-order valence-electron chi connectivity index (χ3n) is 4.27. The first-order valence-corrected chi connectivity index (χ1v) is 7.40. The molecule has 0 aromatic heterocycles. The molecule has 1 aromatic rings. The Kier molecular flexibility index (Phi) is 4.15. The number of benzene rings is 1. The summed E-state index contributed by atoms with van der Waals surface area (Å²) in [5.74, 6) is -0.652. The van der Waals surface area contributed by atoms with Gasteiger partial charge in [-0.05, 0) is 31.0 Å². The fourth-order valence-electron chi connectivity index (χ4n) is 3.21. The van der Waals surface area contributed by atoms with Gasteiger partial charge in [-0.15, -0.1) is 0 Å². The van der Waals surface area contributed by atoms with Crippen LogP contribution in [0.1, 0.15) is 23.2 Å². The molecule has 1 amide bonds. The molecule has 114 valence electrons. The number of hydrogen-bond acceptors (Lipinski definition) is 3. The van der Waals surface area contributed by atoms with Crippen molar-refractivity contribution in [3.8, 4) is 0 Å². The molecule has 1 saturated heterocycles. The molecule has 0 unspecified atom stereocenters. The number of fused-ring (bicyclic) bond motifs is 1. The largest absolute Gasteiger partial charge is 0.379 e. The second-order valence-corrected chi connectivity index (χ2v) is 5.79. The fraction of sp³-hybridized carbons (Fsp3) is 0.533. The number of nitrogens with zero attached hydrogens (tertiary/aromatic N) is 1. The van der Waals surface area contributed by atoms with Gasteiger partial charge in [-0.1, -0.05) is 11.6 Å². The molecular weight excluding hydrogens is 297 g/mol. The highest BCUT2D eigenvalue weighted by molar-refractivity contribution is 6.31. The van der Waals surface area contributed by atoms with Gasteiger partial charge < -0.3 is 14.4 Å². The zero-order valence-electron chi connectivity index (χ0n) is 11.7. The molecule has 21 heavy (non-hydrogen) atoms. The van der Waals surface area contributed by atoms with E-state index < -0.39 is 5.82 Å². The van der Waals surface area contributed by atoms with Crippen LogP contribution < -0.4 is 0 Å². The van der Waals surface area contributed by atoms with E-state index >= 15 is 0 Å². The maximum absolute atomic E-state index is 13.2. The van der Waals surface area contributed by atoms with E-state index in [4.69, 9.17) is 21.1 Å². The maximum Gasteiger partial charge on any atom is 0.254 e. The Hall–Kier alpha value is -1.17. The Morgan fingerprint density at radius 3 is 3.00 bits per heavy atom. The van der Waals surface area contributed by atoms with Gasteiger partial charge in [0.25, 0.3) is 5.91 Å². The second kappa shape index (κ2) is 5.91. The van der Waals surface area contributed by atoms with Crippen LogP contribution in [-0.4, -0.2) is 49.3 Å². The molecule has 0 radical (unpaired) electrons. The summed E-state index contributed by atoms with van der Waals surface area (Å²) < 4.78 is 24.4. The Morgan fingerprint density at radius 2 is 2.29 bits per heavy atom. The molecule has 4 nitrogen and oxygen atoms in total. The molecule has 6 heteroatoms. The van der Waals surface area contributed by atoms with Gasteiger partial charge in [-0.3, -0.25) is 4.79 Å². The SMILES string of the molecule is CO[C@H]1CC[C@H]2[C@H]1OCCN2C(=O)c1ccc(F)c(Cl)c1. The van der Waals surface area contributed by atoms with Gasteiger partial charge in [0.1, 0.15) is 11.9 Å². The molecule has 2 aliphatic rings. The summed E-state index contributed by atoms with van der Waals surface area (Å²) in [4.78, 5) is 14.5. The zero-order chi connectivity index (χ0) is 15.0. The van der Waals surface area contributed by atoms with Crippen molar-refractivity contribution >= 4 is 17.5 Å². The van der Waals surface area contributed by atoms with Crippen molar-refractivity contribution in [2.45, 2.75) is 31.1 Å². The Labute approximate surface area is 127 Å². The molecule has 0 bridgehead atoms. The molecule has 1 aliphatic heterocycles. The Morgan fingerprint density at radius 1 is 1.48 bits per heavy atom. The molecule has 1 heterocycles. The number of rotatable bonds is 2. The highest BCUT2D eigenvalue weighted by Gasteiger charge is 2.44. The summed E-state index contributed by atoms with van der Waals surface area (Å²) >= 11 is 5.76. The number of hydrogen-bond donors (Lipinski definition) is 0. The van der Waals surface area contributed by atoms with E-state index in [2.05, 4.69) is 0 Å². The lowest BCUT2D eigenvalue weighted by Crippen LogP contribution is -2.53. The van der Waals surface area contributed by atoms with Crippen LogP contribution in [0.2, 0.25) is 5.02 Å². The highest BCUT2D eigenvalue weighted by atomic mass is 35.5. The van der Waals surface area contributed by atoms with Crippen LogP contribution >= 0.6 is 11.6 Å². The molecule has 3 atom stereocenters. The Balaban J connectivity index is 1.82. The first-order valence-electron chi connectivity index (χ1n) is 7.02. The van der Waals surface area contributed by atoms with Crippen molar-refractivity contribution in [1.82, 2.24) is 4.90 Å². The number of morpholine rings is 1. The van der Waals surface area contributed by atoms with Crippen LogP contribution in [-0.2, 0) is 9.47 Å². The quantitative estimate of drug-likeness (QED) is 0.842. The number of carbonyl (C=O) groups is 1. The third kappa shape index (κ3) is 2.65. The minimum atomic E-state index is -0.520. The van der Waals surface area contributed by atoms with Gasteiger partial charge in [0.15, 0.2) is 0 Å². The number of methoxy groups -OCH3 is 1. The standard InChI is InChI=1S/C15H17ClFNO3/c1-20-13-5-4-12-14(13)21-7-6-18(12)15(19)9-2-3-11(17)10(16)8-9/h2-3,8,12-14H,4-7H2,1H3/t12-,13-,14+/m0/s1. The monoisotopic (exact) mass is 313 g/mol. The first kappa shape index (κ1) is 14.8. The normalized spacial score (nSPS) is 28.5. The van der Waals surface area contributed by atoms with Gasteiger partial charge in [0.05, 0.1) is 23.8 Å². The van der Waals surface area contributed by atoms with E-state index in [0.29, 0.717) is 18.7 Å². The average molecular weight is 314 g/mol. The van der Waals surface area contributed by atoms with E-state index in [1.54, 1.807) is 12.0 Å². The second-order valence-electron chi connectivity index (χ2n) is 5.38. The lowest BCUT2D eigenvalue weighted by atomic mass is 10.1. The van der Waals surface area contributed by atoms with Crippen LogP contribution in [0, 0.1) is 5.82 Å². The minimum absolute atomic E-state index is 0.0139. The highest BCUT2D eigenvalue weighted by Crippen LogP contribution is 2.32. The van der Waals surface area contributed by atoms with Crippen LogP contribution in [0.4, 0.5) is 4.39 Å². The van der Waals surface area contributed by atoms with Crippen molar-refractivity contribution in [2.24, 2.45) is 0 Å². The number of ether oxygens (including phenoxy) is 2. The molecule has 1 aliphatic carbocycles. The molecule has 2 fully saturated rings. The molecule has 0 N–H and O–H groups in total. The summed E-state index contributed by atoms with van der Waals surface area (Å²) in [6.45, 7) is 1.02. The maximum atomic E-state index is 13.2. The third-order valence-corrected chi connectivity index (χ3v) is 4.56. The summed E-state index contributed by atoms with van der Waals surface area (Å²) in [7, 11) is 1.66. The van der Waals surface area contributed by atoms with Gasteiger partial charge in [0.2, 0.25) is 0 Å². The molecule has 1 aromatic carbocycles. The van der Waals surface area contributed by atoms with E-state index in [1.165, 1.54) is 18.2 Å². The zero-order valence-corrected chi connectivity index (χ0v) is 12.5. The topological polar surface area (TPSA) is 38.8 Å². The average Bonchev–Trinajstić information content (AvgIpc) is 2.92. The lowest BCUT2D eigenvalue weighted by Gasteiger charge is -2.39. The molecule has 3 rings (SSSR count). The van der Waals surface area contributed by atoms with E-state index in [-0.39, 0.29) is 29.2 Å². The first-order chi connectivity index (χ1) is 10.1. The van der Waals surface area contributed by atoms with Crippen molar-refractivity contribution in [2.75, 3.05) is 20.3 Å². The number of halogens is 2. The summed E-state index contributed by atoms with van der Waals surface area (Å²) in [6.07, 6.45) is 1.68. The minimum Gasteiger partial charge on any atom is -0.379 e. The van der Waals surface area contributed by atoms with Gasteiger partial charge in [-0.25, -0.2) is 4.39 Å². The van der Waals surface area contributed by atoms with E-state index in [9.17, 15) is 9.18 Å². The van der Waals surface area contributed by atoms with Crippen LogP contribution in [0.25, 0.3) is 0 Å².